The zero-order valence-corrected chi connectivity index (χ0v) is 14.2. The van der Waals surface area contributed by atoms with Gasteiger partial charge in [-0.25, -0.2) is 10.4 Å². The fourth-order valence-corrected chi connectivity index (χ4v) is 4.30. The Balaban J connectivity index is 1.55. The Kier molecular flexibility index (Phi) is 4.87. The van der Waals surface area contributed by atoms with Crippen molar-refractivity contribution in [1.29, 1.82) is 0 Å². The maximum atomic E-state index is 11.8. The second-order valence-corrected chi connectivity index (χ2v) is 7.65. The molecule has 1 amide bonds. The van der Waals surface area contributed by atoms with Gasteiger partial charge in [-0.15, -0.1) is 22.7 Å². The third-order valence-corrected chi connectivity index (χ3v) is 5.99. The monoisotopic (exact) mass is 347 g/mol. The fraction of sp³-hybridized carbons (Fsp3) is 0.133. The minimum Gasteiger partial charge on any atom is -0.272 e. The number of thiophene rings is 1. The van der Waals surface area contributed by atoms with E-state index in [4.69, 9.17) is 0 Å². The number of carbonyl (C=O) groups is 1. The lowest BCUT2D eigenvalue weighted by molar-refractivity contribution is -0.118. The molecule has 4 nitrogen and oxygen atoms in total. The van der Waals surface area contributed by atoms with E-state index in [0.717, 1.165) is 25.1 Å². The van der Waals surface area contributed by atoms with Gasteiger partial charge in [-0.1, -0.05) is 30.0 Å². The van der Waals surface area contributed by atoms with Crippen LogP contribution in [0.15, 0.2) is 51.2 Å². The molecule has 2 aromatic heterocycles. The van der Waals surface area contributed by atoms with E-state index in [9.17, 15) is 4.79 Å². The molecule has 2 heterocycles. The number of hydrogen-bond donors (Lipinski definition) is 1. The van der Waals surface area contributed by atoms with Crippen LogP contribution in [0.2, 0.25) is 0 Å². The van der Waals surface area contributed by atoms with Gasteiger partial charge >= 0.3 is 0 Å². The molecular weight excluding hydrogens is 334 g/mol. The largest absolute Gasteiger partial charge is 0.272 e. The van der Waals surface area contributed by atoms with E-state index in [1.807, 2.05) is 48.7 Å². The average Bonchev–Trinajstić information content (AvgIpc) is 3.19. The lowest BCUT2D eigenvalue weighted by Crippen LogP contribution is -2.20. The Labute approximate surface area is 140 Å². The minimum absolute atomic E-state index is 0.125. The van der Waals surface area contributed by atoms with Crippen molar-refractivity contribution in [3.8, 4) is 0 Å². The van der Waals surface area contributed by atoms with Gasteiger partial charge in [0.25, 0.3) is 5.91 Å². The van der Waals surface area contributed by atoms with Crippen molar-refractivity contribution in [2.75, 3.05) is 5.75 Å². The van der Waals surface area contributed by atoms with Crippen molar-refractivity contribution in [3.05, 3.63) is 46.7 Å². The van der Waals surface area contributed by atoms with E-state index in [1.165, 1.54) is 11.8 Å². The number of aromatic nitrogens is 1. The topological polar surface area (TPSA) is 54.4 Å². The maximum absolute atomic E-state index is 11.8. The quantitative estimate of drug-likeness (QED) is 0.431. The molecule has 0 atom stereocenters. The summed E-state index contributed by atoms with van der Waals surface area (Å²) >= 11 is 4.63. The van der Waals surface area contributed by atoms with Crippen molar-refractivity contribution < 1.29 is 4.79 Å². The predicted octanol–water partition coefficient (Wildman–Crippen LogP) is 3.99. The van der Waals surface area contributed by atoms with Gasteiger partial charge < -0.3 is 0 Å². The first-order valence-electron chi connectivity index (χ1n) is 6.58. The summed E-state index contributed by atoms with van der Waals surface area (Å²) < 4.78 is 2.03. The van der Waals surface area contributed by atoms with E-state index in [-0.39, 0.29) is 5.91 Å². The first-order chi connectivity index (χ1) is 10.7. The molecule has 0 aliphatic carbocycles. The van der Waals surface area contributed by atoms with Gasteiger partial charge in [0.15, 0.2) is 4.34 Å². The fourth-order valence-electron chi connectivity index (χ4n) is 1.76. The highest BCUT2D eigenvalue weighted by Gasteiger charge is 2.07. The number of benzene rings is 1. The number of nitrogens with zero attached hydrogens (tertiary/aromatic N) is 2. The van der Waals surface area contributed by atoms with Crippen molar-refractivity contribution in [2.24, 2.45) is 5.10 Å². The number of rotatable bonds is 5. The molecule has 22 heavy (non-hydrogen) atoms. The molecule has 0 fully saturated rings. The number of nitrogens with one attached hydrogen (secondary N) is 1. The highest BCUT2D eigenvalue weighted by molar-refractivity contribution is 8.01. The molecule has 112 valence electrons. The van der Waals surface area contributed by atoms with Crippen LogP contribution < -0.4 is 5.43 Å². The number of hydrogen-bond acceptors (Lipinski definition) is 6. The first-order valence-corrected chi connectivity index (χ1v) is 9.26. The molecule has 0 unspecified atom stereocenters. The third-order valence-electron chi connectivity index (χ3n) is 2.83. The van der Waals surface area contributed by atoms with Crippen molar-refractivity contribution >= 4 is 56.3 Å². The van der Waals surface area contributed by atoms with E-state index in [2.05, 4.69) is 15.5 Å². The molecule has 0 radical (unpaired) electrons. The third kappa shape index (κ3) is 3.73. The molecule has 1 aromatic carbocycles. The summed E-state index contributed by atoms with van der Waals surface area (Å²) in [6, 6.07) is 11.9. The van der Waals surface area contributed by atoms with Crippen LogP contribution in [0.1, 0.15) is 11.8 Å². The molecular formula is C15H13N3OS3. The minimum atomic E-state index is -0.125. The number of para-hydroxylation sites is 1. The summed E-state index contributed by atoms with van der Waals surface area (Å²) in [7, 11) is 0. The molecule has 0 aliphatic rings. The van der Waals surface area contributed by atoms with Crippen LogP contribution in [0.4, 0.5) is 0 Å². The second kappa shape index (κ2) is 7.04. The van der Waals surface area contributed by atoms with E-state index < -0.39 is 0 Å². The van der Waals surface area contributed by atoms with Crippen molar-refractivity contribution in [1.82, 2.24) is 10.4 Å². The highest BCUT2D eigenvalue weighted by atomic mass is 32.2. The number of amides is 1. The Morgan fingerprint density at radius 1 is 1.32 bits per heavy atom. The molecule has 1 N–H and O–H groups in total. The van der Waals surface area contributed by atoms with E-state index in [1.54, 1.807) is 22.7 Å². The van der Waals surface area contributed by atoms with Gasteiger partial charge in [-0.2, -0.15) is 5.10 Å². The molecule has 0 saturated heterocycles. The second-order valence-electron chi connectivity index (χ2n) is 4.45. The van der Waals surface area contributed by atoms with Crippen molar-refractivity contribution in [3.63, 3.8) is 0 Å². The molecule has 0 aliphatic heterocycles. The van der Waals surface area contributed by atoms with Gasteiger partial charge in [-0.05, 0) is 30.5 Å². The van der Waals surface area contributed by atoms with Crippen LogP contribution >= 0.6 is 34.4 Å². The average molecular weight is 347 g/mol. The lowest BCUT2D eigenvalue weighted by Gasteiger charge is -2.00. The van der Waals surface area contributed by atoms with Gasteiger partial charge in [0.1, 0.15) is 0 Å². The molecule has 0 saturated carbocycles. The van der Waals surface area contributed by atoms with Gasteiger partial charge in [-0.3, -0.25) is 4.79 Å². The lowest BCUT2D eigenvalue weighted by atomic mass is 10.3. The first kappa shape index (κ1) is 15.2. The summed E-state index contributed by atoms with van der Waals surface area (Å²) in [4.78, 5) is 17.4. The van der Waals surface area contributed by atoms with Gasteiger partial charge in [0.05, 0.1) is 21.7 Å². The van der Waals surface area contributed by atoms with Gasteiger partial charge in [0, 0.05) is 4.88 Å². The molecule has 3 aromatic rings. The number of carbonyl (C=O) groups excluding carboxylic acids is 1. The zero-order valence-electron chi connectivity index (χ0n) is 11.8. The smallest absolute Gasteiger partial charge is 0.250 e. The molecule has 0 spiro atoms. The van der Waals surface area contributed by atoms with Crippen LogP contribution in [0, 0.1) is 0 Å². The molecule has 0 bridgehead atoms. The summed E-state index contributed by atoms with van der Waals surface area (Å²) in [6.45, 7) is 1.88. The predicted molar refractivity (Wildman–Crippen MR) is 95.0 cm³/mol. The van der Waals surface area contributed by atoms with Crippen LogP contribution in [0.3, 0.4) is 0 Å². The molecule has 3 rings (SSSR count). The highest BCUT2D eigenvalue weighted by Crippen LogP contribution is 2.28. The summed E-state index contributed by atoms with van der Waals surface area (Å²) in [5, 5.41) is 6.10. The number of thiazole rings is 1. The Morgan fingerprint density at radius 2 is 2.18 bits per heavy atom. The Bertz CT molecular complexity index is 775. The van der Waals surface area contributed by atoms with Crippen LogP contribution in [0.5, 0.6) is 0 Å². The van der Waals surface area contributed by atoms with Crippen LogP contribution in [0.25, 0.3) is 10.2 Å². The Morgan fingerprint density at radius 3 is 2.95 bits per heavy atom. The maximum Gasteiger partial charge on any atom is 0.250 e. The Hall–Kier alpha value is -1.70. The number of thioether (sulfide) groups is 1. The van der Waals surface area contributed by atoms with Crippen LogP contribution in [-0.2, 0) is 4.79 Å². The van der Waals surface area contributed by atoms with Crippen LogP contribution in [-0.4, -0.2) is 22.4 Å². The summed E-state index contributed by atoms with van der Waals surface area (Å²) in [6.07, 6.45) is 0. The van der Waals surface area contributed by atoms with E-state index >= 15 is 0 Å². The summed E-state index contributed by atoms with van der Waals surface area (Å²) in [5.41, 5.74) is 4.37. The van der Waals surface area contributed by atoms with Crippen molar-refractivity contribution in [2.45, 2.75) is 11.3 Å². The van der Waals surface area contributed by atoms with E-state index in [0.29, 0.717) is 5.75 Å². The zero-order chi connectivity index (χ0) is 15.4. The number of hydrazone groups is 1. The number of fused-ring (bicyclic) bond motifs is 1. The normalized spacial score (nSPS) is 11.8. The SMILES string of the molecule is C/C(=N/NC(=O)CSc1nc2ccccc2s1)c1cccs1. The molecule has 7 heteroatoms. The summed E-state index contributed by atoms with van der Waals surface area (Å²) in [5.74, 6) is 0.182. The van der Waals surface area contributed by atoms with Gasteiger partial charge in [0.2, 0.25) is 0 Å². The standard InChI is InChI=1S/C15H13N3OS3/c1-10(12-7-4-8-20-12)17-18-14(19)9-21-15-16-11-5-2-3-6-13(11)22-15/h2-8H,9H2,1H3,(H,18,19)/b17-10-.